The Morgan fingerprint density at radius 2 is 2.10 bits per heavy atom. The van der Waals surface area contributed by atoms with Crippen LogP contribution in [-0.2, 0) is 21.3 Å². The molecule has 6 heteroatoms. The van der Waals surface area contributed by atoms with Crippen molar-refractivity contribution in [2.45, 2.75) is 44.4 Å². The zero-order valence-electron chi connectivity index (χ0n) is 12.2. The van der Waals surface area contributed by atoms with Gasteiger partial charge in [0.15, 0.2) is 0 Å². The van der Waals surface area contributed by atoms with E-state index in [2.05, 4.69) is 0 Å². The van der Waals surface area contributed by atoms with E-state index in [1.165, 1.54) is 4.31 Å². The summed E-state index contributed by atoms with van der Waals surface area (Å²) in [6.07, 6.45) is -0.0791. The Morgan fingerprint density at radius 1 is 1.40 bits per heavy atom. The molecule has 0 aromatic heterocycles. The number of nitrogens with zero attached hydrogens (tertiary/aromatic N) is 1. The molecule has 2 atom stereocenters. The summed E-state index contributed by atoms with van der Waals surface area (Å²) in [5.41, 5.74) is 7.26. The average molecular weight is 298 g/mol. The maximum absolute atomic E-state index is 12.8. The molecule has 20 heavy (non-hydrogen) atoms. The van der Waals surface area contributed by atoms with Gasteiger partial charge in [-0.25, -0.2) is 8.42 Å². The smallest absolute Gasteiger partial charge is 0.243 e. The third-order valence-corrected chi connectivity index (χ3v) is 5.75. The maximum Gasteiger partial charge on any atom is 0.243 e. The summed E-state index contributed by atoms with van der Waals surface area (Å²) in [5, 5.41) is 0. The standard InChI is InChI=1S/C14H22N2O3S/c1-10-6-13(7-15)4-5-14(10)20(17,18)16-8-12(3)19-9-11(16)2/h4-6,11-12H,7-9,15H2,1-3H3. The first-order valence-corrected chi connectivity index (χ1v) is 8.23. The van der Waals surface area contributed by atoms with E-state index in [1.807, 2.05) is 19.9 Å². The van der Waals surface area contributed by atoms with E-state index in [0.29, 0.717) is 24.6 Å². The molecule has 0 bridgehead atoms. The van der Waals surface area contributed by atoms with Crippen molar-refractivity contribution in [1.29, 1.82) is 0 Å². The molecule has 2 unspecified atom stereocenters. The Hall–Kier alpha value is -0.950. The van der Waals surface area contributed by atoms with Crippen molar-refractivity contribution in [3.8, 4) is 0 Å². The van der Waals surface area contributed by atoms with Gasteiger partial charge in [0.2, 0.25) is 10.0 Å². The summed E-state index contributed by atoms with van der Waals surface area (Å²) in [4.78, 5) is 0.357. The Kier molecular flexibility index (Phi) is 4.49. The van der Waals surface area contributed by atoms with Crippen molar-refractivity contribution in [3.63, 3.8) is 0 Å². The molecule has 1 aromatic carbocycles. The molecule has 0 spiro atoms. The summed E-state index contributed by atoms with van der Waals surface area (Å²) in [5.74, 6) is 0. The molecule has 1 aromatic rings. The molecule has 2 rings (SSSR count). The van der Waals surface area contributed by atoms with Gasteiger partial charge in [0.05, 0.1) is 17.6 Å². The van der Waals surface area contributed by atoms with Gasteiger partial charge < -0.3 is 10.5 Å². The minimum absolute atomic E-state index is 0.0791. The van der Waals surface area contributed by atoms with Gasteiger partial charge in [-0.05, 0) is 38.0 Å². The molecule has 2 N–H and O–H groups in total. The molecule has 0 aliphatic carbocycles. The minimum Gasteiger partial charge on any atom is -0.375 e. The van der Waals surface area contributed by atoms with E-state index < -0.39 is 10.0 Å². The highest BCUT2D eigenvalue weighted by atomic mass is 32.2. The molecular weight excluding hydrogens is 276 g/mol. The zero-order chi connectivity index (χ0) is 14.9. The number of nitrogens with two attached hydrogens (primary N) is 1. The lowest BCUT2D eigenvalue weighted by Gasteiger charge is -2.36. The second-order valence-corrected chi connectivity index (χ2v) is 7.23. The highest BCUT2D eigenvalue weighted by Gasteiger charge is 2.34. The van der Waals surface area contributed by atoms with Gasteiger partial charge in [0.25, 0.3) is 0 Å². The van der Waals surface area contributed by atoms with Crippen LogP contribution in [0.15, 0.2) is 23.1 Å². The molecule has 1 heterocycles. The minimum atomic E-state index is -3.49. The number of aryl methyl sites for hydroxylation is 1. The Bertz CT molecular complexity index is 586. The largest absolute Gasteiger partial charge is 0.375 e. The summed E-state index contributed by atoms with van der Waals surface area (Å²) < 4.78 is 32.6. The molecule has 1 aliphatic rings. The predicted molar refractivity (Wildman–Crippen MR) is 77.8 cm³/mol. The summed E-state index contributed by atoms with van der Waals surface area (Å²) in [7, 11) is -3.49. The average Bonchev–Trinajstić information content (AvgIpc) is 2.40. The van der Waals surface area contributed by atoms with Crippen molar-refractivity contribution in [2.24, 2.45) is 5.73 Å². The second kappa shape index (κ2) is 5.81. The van der Waals surface area contributed by atoms with Crippen LogP contribution in [0.4, 0.5) is 0 Å². The van der Waals surface area contributed by atoms with E-state index in [0.717, 1.165) is 11.1 Å². The van der Waals surface area contributed by atoms with Crippen molar-refractivity contribution in [3.05, 3.63) is 29.3 Å². The van der Waals surface area contributed by atoms with Gasteiger partial charge in [0, 0.05) is 19.1 Å². The first kappa shape index (κ1) is 15.4. The van der Waals surface area contributed by atoms with E-state index in [-0.39, 0.29) is 12.1 Å². The number of rotatable bonds is 3. The molecule has 5 nitrogen and oxygen atoms in total. The van der Waals surface area contributed by atoms with Crippen LogP contribution >= 0.6 is 0 Å². The topological polar surface area (TPSA) is 72.6 Å². The van der Waals surface area contributed by atoms with E-state index in [4.69, 9.17) is 10.5 Å². The molecule has 0 saturated carbocycles. The Labute approximate surface area is 120 Å². The summed E-state index contributed by atoms with van der Waals surface area (Å²) >= 11 is 0. The number of morpholine rings is 1. The fourth-order valence-electron chi connectivity index (χ4n) is 2.46. The van der Waals surface area contributed by atoms with Crippen LogP contribution in [0.3, 0.4) is 0 Å². The van der Waals surface area contributed by atoms with Crippen LogP contribution in [0.1, 0.15) is 25.0 Å². The molecule has 0 amide bonds. The normalized spacial score (nSPS) is 24.8. The fraction of sp³-hybridized carbons (Fsp3) is 0.571. The Morgan fingerprint density at radius 3 is 2.70 bits per heavy atom. The van der Waals surface area contributed by atoms with Gasteiger partial charge in [-0.15, -0.1) is 0 Å². The monoisotopic (exact) mass is 298 g/mol. The zero-order valence-corrected chi connectivity index (χ0v) is 13.0. The second-order valence-electron chi connectivity index (χ2n) is 5.37. The lowest BCUT2D eigenvalue weighted by atomic mass is 10.1. The maximum atomic E-state index is 12.8. The number of benzene rings is 1. The van der Waals surface area contributed by atoms with Gasteiger partial charge in [-0.3, -0.25) is 0 Å². The van der Waals surface area contributed by atoms with Gasteiger partial charge in [-0.2, -0.15) is 4.31 Å². The van der Waals surface area contributed by atoms with Crippen molar-refractivity contribution >= 4 is 10.0 Å². The van der Waals surface area contributed by atoms with Gasteiger partial charge >= 0.3 is 0 Å². The van der Waals surface area contributed by atoms with Crippen LogP contribution in [-0.4, -0.2) is 38.0 Å². The van der Waals surface area contributed by atoms with Crippen LogP contribution in [0, 0.1) is 6.92 Å². The van der Waals surface area contributed by atoms with Crippen molar-refractivity contribution in [1.82, 2.24) is 4.31 Å². The lowest BCUT2D eigenvalue weighted by Crippen LogP contribution is -2.50. The van der Waals surface area contributed by atoms with Crippen LogP contribution in [0.2, 0.25) is 0 Å². The highest BCUT2D eigenvalue weighted by molar-refractivity contribution is 7.89. The van der Waals surface area contributed by atoms with Crippen LogP contribution in [0.5, 0.6) is 0 Å². The molecule has 1 fully saturated rings. The molecule has 0 radical (unpaired) electrons. The van der Waals surface area contributed by atoms with Crippen molar-refractivity contribution < 1.29 is 13.2 Å². The quantitative estimate of drug-likeness (QED) is 0.911. The highest BCUT2D eigenvalue weighted by Crippen LogP contribution is 2.25. The van der Waals surface area contributed by atoms with Gasteiger partial charge in [0.1, 0.15) is 0 Å². The van der Waals surface area contributed by atoms with Crippen LogP contribution in [0.25, 0.3) is 0 Å². The SMILES string of the molecule is Cc1cc(CN)ccc1S(=O)(=O)N1CC(C)OCC1C. The number of hydrogen-bond donors (Lipinski definition) is 1. The number of hydrogen-bond acceptors (Lipinski definition) is 4. The van der Waals surface area contributed by atoms with E-state index in [1.54, 1.807) is 19.1 Å². The first-order valence-electron chi connectivity index (χ1n) is 6.79. The molecule has 1 aliphatic heterocycles. The summed E-state index contributed by atoms with van der Waals surface area (Å²) in [6.45, 7) is 6.79. The molecule has 112 valence electrons. The Balaban J connectivity index is 2.39. The van der Waals surface area contributed by atoms with E-state index in [9.17, 15) is 8.42 Å². The third-order valence-electron chi connectivity index (χ3n) is 3.61. The molecule has 1 saturated heterocycles. The van der Waals surface area contributed by atoms with Crippen LogP contribution < -0.4 is 5.73 Å². The number of sulfonamides is 1. The third kappa shape index (κ3) is 2.88. The number of ether oxygens (including phenoxy) is 1. The first-order chi connectivity index (χ1) is 9.36. The lowest BCUT2D eigenvalue weighted by molar-refractivity contribution is -0.0170. The van der Waals surface area contributed by atoms with E-state index >= 15 is 0 Å². The van der Waals surface area contributed by atoms with Gasteiger partial charge in [-0.1, -0.05) is 12.1 Å². The summed E-state index contributed by atoms with van der Waals surface area (Å²) in [6, 6.07) is 5.11. The van der Waals surface area contributed by atoms with Crippen molar-refractivity contribution in [2.75, 3.05) is 13.2 Å². The fourth-order valence-corrected chi connectivity index (χ4v) is 4.36. The predicted octanol–water partition coefficient (Wildman–Crippen LogP) is 1.25. The molecular formula is C14H22N2O3S.